The summed E-state index contributed by atoms with van der Waals surface area (Å²) in [6.07, 6.45) is 0.540. The number of halogens is 1. The standard InChI is InChI=1S/C8H8ClNO2/c9-6-5-7-3-1-2-4-8(7)10(11)12/h1-4H,5-6H2. The normalized spacial score (nSPS) is 9.75. The summed E-state index contributed by atoms with van der Waals surface area (Å²) in [4.78, 5) is 10.1. The summed E-state index contributed by atoms with van der Waals surface area (Å²) in [6.45, 7) is 0. The maximum Gasteiger partial charge on any atom is 0.272 e. The fraction of sp³-hybridized carbons (Fsp3) is 0.250. The minimum atomic E-state index is -0.387. The van der Waals surface area contributed by atoms with Crippen LogP contribution in [0.2, 0.25) is 0 Å². The van der Waals surface area contributed by atoms with Gasteiger partial charge in [-0.3, -0.25) is 10.1 Å². The largest absolute Gasteiger partial charge is 0.272 e. The summed E-state index contributed by atoms with van der Waals surface area (Å²) in [7, 11) is 0. The molecule has 0 fully saturated rings. The van der Waals surface area contributed by atoms with Gasteiger partial charge < -0.3 is 0 Å². The van der Waals surface area contributed by atoms with Gasteiger partial charge in [0.05, 0.1) is 4.92 Å². The zero-order valence-electron chi connectivity index (χ0n) is 6.37. The van der Waals surface area contributed by atoms with E-state index in [0.717, 1.165) is 0 Å². The highest BCUT2D eigenvalue weighted by Gasteiger charge is 2.10. The van der Waals surface area contributed by atoms with Gasteiger partial charge in [-0.05, 0) is 6.42 Å². The van der Waals surface area contributed by atoms with Crippen LogP contribution in [0, 0.1) is 10.1 Å². The smallest absolute Gasteiger partial charge is 0.258 e. The number of benzene rings is 1. The monoisotopic (exact) mass is 185 g/mol. The third-order valence-electron chi connectivity index (χ3n) is 1.55. The van der Waals surface area contributed by atoms with Crippen molar-refractivity contribution < 1.29 is 4.92 Å². The molecule has 0 heterocycles. The van der Waals surface area contributed by atoms with Crippen LogP contribution in [-0.2, 0) is 6.42 Å². The van der Waals surface area contributed by atoms with Crippen molar-refractivity contribution in [2.45, 2.75) is 6.42 Å². The molecule has 0 saturated carbocycles. The van der Waals surface area contributed by atoms with Crippen molar-refractivity contribution in [3.8, 4) is 0 Å². The van der Waals surface area contributed by atoms with E-state index in [1.54, 1.807) is 18.2 Å². The quantitative estimate of drug-likeness (QED) is 0.412. The number of hydrogen-bond acceptors (Lipinski definition) is 2. The number of para-hydroxylation sites is 1. The minimum absolute atomic E-state index is 0.151. The van der Waals surface area contributed by atoms with Crippen molar-refractivity contribution in [3.63, 3.8) is 0 Å². The molecule has 0 aliphatic rings. The highest BCUT2D eigenvalue weighted by molar-refractivity contribution is 6.18. The molecule has 0 bridgehead atoms. The number of hydrogen-bond donors (Lipinski definition) is 0. The predicted molar refractivity (Wildman–Crippen MR) is 47.5 cm³/mol. The fourth-order valence-electron chi connectivity index (χ4n) is 1.00. The molecule has 1 aromatic carbocycles. The lowest BCUT2D eigenvalue weighted by Crippen LogP contribution is -1.95. The summed E-state index contributed by atoms with van der Waals surface area (Å²) in [5.41, 5.74) is 0.843. The Morgan fingerprint density at radius 3 is 2.67 bits per heavy atom. The van der Waals surface area contributed by atoms with Gasteiger partial charge in [-0.1, -0.05) is 18.2 Å². The van der Waals surface area contributed by atoms with Gasteiger partial charge in [-0.15, -0.1) is 11.6 Å². The van der Waals surface area contributed by atoms with Gasteiger partial charge in [-0.25, -0.2) is 0 Å². The van der Waals surface area contributed by atoms with E-state index >= 15 is 0 Å². The lowest BCUT2D eigenvalue weighted by atomic mass is 10.1. The first-order chi connectivity index (χ1) is 5.75. The van der Waals surface area contributed by atoms with E-state index < -0.39 is 0 Å². The molecule has 0 spiro atoms. The van der Waals surface area contributed by atoms with Crippen LogP contribution in [0.15, 0.2) is 24.3 Å². The molecule has 0 aliphatic carbocycles. The second-order valence-corrected chi connectivity index (χ2v) is 2.70. The molecule has 0 amide bonds. The van der Waals surface area contributed by atoms with Gasteiger partial charge in [0.25, 0.3) is 5.69 Å². The lowest BCUT2D eigenvalue weighted by molar-refractivity contribution is -0.385. The number of nitrogens with zero attached hydrogens (tertiary/aromatic N) is 1. The van der Waals surface area contributed by atoms with Crippen LogP contribution in [0.5, 0.6) is 0 Å². The maximum absolute atomic E-state index is 10.5. The van der Waals surface area contributed by atoms with Crippen LogP contribution < -0.4 is 0 Å². The van der Waals surface area contributed by atoms with Gasteiger partial charge in [0.1, 0.15) is 0 Å². The number of nitro groups is 1. The molecule has 0 aliphatic heterocycles. The second kappa shape index (κ2) is 4.07. The Labute approximate surface area is 75.1 Å². The number of rotatable bonds is 3. The zero-order valence-corrected chi connectivity index (χ0v) is 7.12. The molecule has 0 radical (unpaired) electrons. The van der Waals surface area contributed by atoms with Crippen LogP contribution >= 0.6 is 11.6 Å². The van der Waals surface area contributed by atoms with Crippen LogP contribution in [0.4, 0.5) is 5.69 Å². The van der Waals surface area contributed by atoms with Gasteiger partial charge in [0, 0.05) is 17.5 Å². The first kappa shape index (κ1) is 9.00. The Kier molecular flexibility index (Phi) is 3.05. The van der Waals surface area contributed by atoms with E-state index in [1.807, 2.05) is 0 Å². The molecule has 1 aromatic rings. The predicted octanol–water partition coefficient (Wildman–Crippen LogP) is 2.38. The Morgan fingerprint density at radius 2 is 2.08 bits per heavy atom. The molecule has 3 nitrogen and oxygen atoms in total. The van der Waals surface area contributed by atoms with E-state index in [2.05, 4.69) is 0 Å². The van der Waals surface area contributed by atoms with E-state index in [1.165, 1.54) is 6.07 Å². The molecule has 0 atom stereocenters. The molecule has 0 saturated heterocycles. The van der Waals surface area contributed by atoms with E-state index in [-0.39, 0.29) is 10.6 Å². The Balaban J connectivity index is 3.00. The third-order valence-corrected chi connectivity index (χ3v) is 1.74. The van der Waals surface area contributed by atoms with Gasteiger partial charge >= 0.3 is 0 Å². The highest BCUT2D eigenvalue weighted by Crippen LogP contribution is 2.17. The van der Waals surface area contributed by atoms with Crippen molar-refractivity contribution in [2.24, 2.45) is 0 Å². The molecule has 12 heavy (non-hydrogen) atoms. The van der Waals surface area contributed by atoms with E-state index in [4.69, 9.17) is 11.6 Å². The van der Waals surface area contributed by atoms with Crippen LogP contribution in [0.25, 0.3) is 0 Å². The number of aryl methyl sites for hydroxylation is 1. The molecule has 0 N–H and O–H groups in total. The first-order valence-corrected chi connectivity index (χ1v) is 4.07. The average molecular weight is 186 g/mol. The Morgan fingerprint density at radius 1 is 1.42 bits per heavy atom. The van der Waals surface area contributed by atoms with Crippen molar-refractivity contribution in [1.82, 2.24) is 0 Å². The third kappa shape index (κ3) is 1.95. The topological polar surface area (TPSA) is 43.1 Å². The summed E-state index contributed by atoms with van der Waals surface area (Å²) in [5, 5.41) is 10.5. The second-order valence-electron chi connectivity index (χ2n) is 2.32. The zero-order chi connectivity index (χ0) is 8.97. The molecule has 1 rings (SSSR count). The van der Waals surface area contributed by atoms with Crippen molar-refractivity contribution in [1.29, 1.82) is 0 Å². The summed E-state index contributed by atoms with van der Waals surface area (Å²) >= 11 is 5.49. The number of nitro benzene ring substituents is 1. The minimum Gasteiger partial charge on any atom is -0.258 e. The highest BCUT2D eigenvalue weighted by atomic mass is 35.5. The van der Waals surface area contributed by atoms with E-state index in [9.17, 15) is 10.1 Å². The van der Waals surface area contributed by atoms with Crippen molar-refractivity contribution in [3.05, 3.63) is 39.9 Å². The Bertz CT molecular complexity index is 288. The molecule has 4 heteroatoms. The van der Waals surface area contributed by atoms with Gasteiger partial charge in [-0.2, -0.15) is 0 Å². The van der Waals surface area contributed by atoms with Gasteiger partial charge in [0.2, 0.25) is 0 Å². The molecule has 64 valence electrons. The van der Waals surface area contributed by atoms with Gasteiger partial charge in [0.15, 0.2) is 0 Å². The van der Waals surface area contributed by atoms with E-state index in [0.29, 0.717) is 17.9 Å². The summed E-state index contributed by atoms with van der Waals surface area (Å²) < 4.78 is 0. The molecule has 0 aromatic heterocycles. The van der Waals surface area contributed by atoms with Crippen molar-refractivity contribution >= 4 is 17.3 Å². The lowest BCUT2D eigenvalue weighted by Gasteiger charge is -1.98. The molecular weight excluding hydrogens is 178 g/mol. The van der Waals surface area contributed by atoms with Crippen molar-refractivity contribution in [2.75, 3.05) is 5.88 Å². The summed E-state index contributed by atoms with van der Waals surface area (Å²) in [5.74, 6) is 0.408. The Hall–Kier alpha value is -1.09. The number of alkyl halides is 1. The fourth-order valence-corrected chi connectivity index (χ4v) is 1.21. The SMILES string of the molecule is O=[N+]([O-])c1ccccc1CCCl. The van der Waals surface area contributed by atoms with Crippen LogP contribution in [-0.4, -0.2) is 10.8 Å². The maximum atomic E-state index is 10.5. The summed E-state index contributed by atoms with van der Waals surface area (Å²) in [6, 6.07) is 6.63. The van der Waals surface area contributed by atoms with Crippen LogP contribution in [0.3, 0.4) is 0 Å². The van der Waals surface area contributed by atoms with Crippen LogP contribution in [0.1, 0.15) is 5.56 Å². The molecular formula is C8H8ClNO2. The average Bonchev–Trinajstić information content (AvgIpc) is 2.05. The first-order valence-electron chi connectivity index (χ1n) is 3.54. The molecule has 0 unspecified atom stereocenters.